The van der Waals surface area contributed by atoms with E-state index in [4.69, 9.17) is 0 Å². The van der Waals surface area contributed by atoms with Gasteiger partial charge in [-0.2, -0.15) is 5.10 Å². The van der Waals surface area contributed by atoms with Crippen molar-refractivity contribution in [1.82, 2.24) is 15.1 Å². The molecule has 2 heterocycles. The van der Waals surface area contributed by atoms with E-state index in [0.29, 0.717) is 6.54 Å². The number of carbonyl (C=O) groups excluding carboxylic acids is 2. The van der Waals surface area contributed by atoms with E-state index >= 15 is 0 Å². The molecular formula is C10H14N4O2. The lowest BCUT2D eigenvalue weighted by Crippen LogP contribution is -2.54. The number of aromatic nitrogens is 2. The Morgan fingerprint density at radius 1 is 1.50 bits per heavy atom. The van der Waals surface area contributed by atoms with E-state index in [2.05, 4.69) is 10.4 Å². The molecule has 1 aromatic heterocycles. The van der Waals surface area contributed by atoms with Gasteiger partial charge in [-0.25, -0.2) is 4.79 Å². The molecule has 0 radical (unpaired) electrons. The summed E-state index contributed by atoms with van der Waals surface area (Å²) in [5.74, 6) is -0.417. The quantitative estimate of drug-likeness (QED) is 0.748. The number of nitrogens with one attached hydrogen (secondary N) is 1. The van der Waals surface area contributed by atoms with Gasteiger partial charge in [-0.05, 0) is 6.92 Å². The SMILES string of the molecule is Cc1nn(C)cc1N1CC(C)C(=O)NC1=O. The van der Waals surface area contributed by atoms with E-state index in [1.807, 2.05) is 6.92 Å². The molecule has 1 aliphatic heterocycles. The topological polar surface area (TPSA) is 67.2 Å². The third-order valence-electron chi connectivity index (χ3n) is 2.66. The van der Waals surface area contributed by atoms with Crippen LogP contribution in [0.3, 0.4) is 0 Å². The van der Waals surface area contributed by atoms with Gasteiger partial charge in [0.2, 0.25) is 5.91 Å². The maximum atomic E-state index is 11.7. The zero-order valence-corrected chi connectivity index (χ0v) is 9.52. The molecular weight excluding hydrogens is 208 g/mol. The molecule has 1 atom stereocenters. The summed E-state index contributed by atoms with van der Waals surface area (Å²) in [6, 6.07) is -0.376. The van der Waals surface area contributed by atoms with Crippen molar-refractivity contribution in [2.24, 2.45) is 13.0 Å². The van der Waals surface area contributed by atoms with Gasteiger partial charge < -0.3 is 0 Å². The highest BCUT2D eigenvalue weighted by Gasteiger charge is 2.31. The summed E-state index contributed by atoms with van der Waals surface area (Å²) in [5.41, 5.74) is 1.53. The minimum atomic E-state index is -0.376. The van der Waals surface area contributed by atoms with E-state index < -0.39 is 0 Å². The van der Waals surface area contributed by atoms with Crippen LogP contribution in [0.25, 0.3) is 0 Å². The highest BCUT2D eigenvalue weighted by molar-refractivity contribution is 6.06. The lowest BCUT2D eigenvalue weighted by Gasteiger charge is -2.29. The van der Waals surface area contributed by atoms with Crippen molar-refractivity contribution in [3.05, 3.63) is 11.9 Å². The van der Waals surface area contributed by atoms with Crippen LogP contribution in [0.15, 0.2) is 6.20 Å². The maximum Gasteiger partial charge on any atom is 0.328 e. The molecule has 3 amide bonds. The minimum Gasteiger partial charge on any atom is -0.290 e. The average molecular weight is 222 g/mol. The molecule has 0 saturated carbocycles. The van der Waals surface area contributed by atoms with E-state index in [-0.39, 0.29) is 17.9 Å². The first-order valence-electron chi connectivity index (χ1n) is 5.11. The second kappa shape index (κ2) is 3.62. The van der Waals surface area contributed by atoms with Crippen LogP contribution in [0.1, 0.15) is 12.6 Å². The Kier molecular flexibility index (Phi) is 2.41. The standard InChI is InChI=1S/C10H14N4O2/c1-6-4-14(10(16)11-9(6)15)8-5-13(3)12-7(8)2/h5-6H,4H2,1-3H3,(H,11,15,16). The van der Waals surface area contributed by atoms with Crippen LogP contribution in [-0.4, -0.2) is 28.3 Å². The van der Waals surface area contributed by atoms with Crippen molar-refractivity contribution < 1.29 is 9.59 Å². The first-order chi connectivity index (χ1) is 7.49. The normalized spacial score (nSPS) is 21.2. The summed E-state index contributed by atoms with van der Waals surface area (Å²) in [5, 5.41) is 6.50. The summed E-state index contributed by atoms with van der Waals surface area (Å²) >= 11 is 0. The Labute approximate surface area is 93.2 Å². The summed E-state index contributed by atoms with van der Waals surface area (Å²) in [7, 11) is 1.80. The predicted octanol–water partition coefficient (Wildman–Crippen LogP) is 0.421. The molecule has 2 rings (SSSR count). The number of imide groups is 1. The molecule has 0 bridgehead atoms. The number of anilines is 1. The van der Waals surface area contributed by atoms with Gasteiger partial charge >= 0.3 is 6.03 Å². The third kappa shape index (κ3) is 1.66. The Hall–Kier alpha value is -1.85. The number of rotatable bonds is 1. The molecule has 0 aromatic carbocycles. The first kappa shape index (κ1) is 10.7. The monoisotopic (exact) mass is 222 g/mol. The number of urea groups is 1. The van der Waals surface area contributed by atoms with Crippen LogP contribution < -0.4 is 10.2 Å². The molecule has 1 N–H and O–H groups in total. The van der Waals surface area contributed by atoms with Gasteiger partial charge in [-0.1, -0.05) is 6.92 Å². The molecule has 16 heavy (non-hydrogen) atoms. The molecule has 1 saturated heterocycles. The Morgan fingerprint density at radius 3 is 2.75 bits per heavy atom. The molecule has 6 heteroatoms. The van der Waals surface area contributed by atoms with Crippen molar-refractivity contribution in [3.8, 4) is 0 Å². The number of hydrogen-bond acceptors (Lipinski definition) is 3. The fourth-order valence-electron chi connectivity index (χ4n) is 1.80. The van der Waals surface area contributed by atoms with Gasteiger partial charge in [-0.3, -0.25) is 19.7 Å². The second-order valence-electron chi connectivity index (χ2n) is 4.08. The smallest absolute Gasteiger partial charge is 0.290 e. The molecule has 0 spiro atoms. The Morgan fingerprint density at radius 2 is 2.19 bits per heavy atom. The average Bonchev–Trinajstić information content (AvgIpc) is 2.51. The predicted molar refractivity (Wildman–Crippen MR) is 58.0 cm³/mol. The van der Waals surface area contributed by atoms with Crippen molar-refractivity contribution in [2.45, 2.75) is 13.8 Å². The molecule has 86 valence electrons. The molecule has 6 nitrogen and oxygen atoms in total. The van der Waals surface area contributed by atoms with Crippen LogP contribution in [0, 0.1) is 12.8 Å². The van der Waals surface area contributed by atoms with Crippen molar-refractivity contribution >= 4 is 17.6 Å². The van der Waals surface area contributed by atoms with Crippen molar-refractivity contribution in [2.75, 3.05) is 11.4 Å². The molecule has 1 aliphatic rings. The minimum absolute atomic E-state index is 0.197. The van der Waals surface area contributed by atoms with Crippen LogP contribution in [0.4, 0.5) is 10.5 Å². The van der Waals surface area contributed by atoms with Gasteiger partial charge in [0, 0.05) is 19.8 Å². The Bertz CT molecular complexity index is 452. The lowest BCUT2D eigenvalue weighted by molar-refractivity contribution is -0.123. The Balaban J connectivity index is 2.30. The number of nitrogens with zero attached hydrogens (tertiary/aromatic N) is 3. The number of amides is 3. The van der Waals surface area contributed by atoms with Gasteiger partial charge in [0.05, 0.1) is 17.3 Å². The fourth-order valence-corrected chi connectivity index (χ4v) is 1.80. The summed E-state index contributed by atoms with van der Waals surface area (Å²) < 4.78 is 1.65. The maximum absolute atomic E-state index is 11.7. The lowest BCUT2D eigenvalue weighted by atomic mass is 10.1. The summed E-state index contributed by atoms with van der Waals surface area (Å²) in [6.45, 7) is 4.03. The van der Waals surface area contributed by atoms with Gasteiger partial charge in [0.15, 0.2) is 0 Å². The van der Waals surface area contributed by atoms with E-state index in [0.717, 1.165) is 11.4 Å². The molecule has 1 fully saturated rings. The van der Waals surface area contributed by atoms with E-state index in [9.17, 15) is 9.59 Å². The number of aryl methyl sites for hydroxylation is 2. The fraction of sp³-hybridized carbons (Fsp3) is 0.500. The number of carbonyl (C=O) groups is 2. The van der Waals surface area contributed by atoms with Gasteiger partial charge in [0.1, 0.15) is 0 Å². The van der Waals surface area contributed by atoms with Gasteiger partial charge in [0.25, 0.3) is 0 Å². The van der Waals surface area contributed by atoms with Crippen LogP contribution in [0.5, 0.6) is 0 Å². The van der Waals surface area contributed by atoms with Crippen LogP contribution in [-0.2, 0) is 11.8 Å². The highest BCUT2D eigenvalue weighted by Crippen LogP contribution is 2.21. The molecule has 0 aliphatic carbocycles. The van der Waals surface area contributed by atoms with Gasteiger partial charge in [-0.15, -0.1) is 0 Å². The summed E-state index contributed by atoms with van der Waals surface area (Å²) in [6.07, 6.45) is 1.78. The zero-order valence-electron chi connectivity index (χ0n) is 9.52. The largest absolute Gasteiger partial charge is 0.328 e. The van der Waals surface area contributed by atoms with Crippen LogP contribution >= 0.6 is 0 Å². The van der Waals surface area contributed by atoms with E-state index in [1.165, 1.54) is 0 Å². The second-order valence-corrected chi connectivity index (χ2v) is 4.08. The molecule has 1 unspecified atom stereocenters. The summed E-state index contributed by atoms with van der Waals surface area (Å²) in [4.78, 5) is 24.5. The number of hydrogen-bond donors (Lipinski definition) is 1. The molecule has 1 aromatic rings. The van der Waals surface area contributed by atoms with Crippen molar-refractivity contribution in [3.63, 3.8) is 0 Å². The highest BCUT2D eigenvalue weighted by atomic mass is 16.2. The van der Waals surface area contributed by atoms with Crippen LogP contribution in [0.2, 0.25) is 0 Å². The third-order valence-corrected chi connectivity index (χ3v) is 2.66. The van der Waals surface area contributed by atoms with Crippen molar-refractivity contribution in [1.29, 1.82) is 0 Å². The zero-order chi connectivity index (χ0) is 11.9. The first-order valence-corrected chi connectivity index (χ1v) is 5.11. The van der Waals surface area contributed by atoms with E-state index in [1.54, 1.807) is 29.7 Å².